The highest BCUT2D eigenvalue weighted by Gasteiger charge is 2.22. The van der Waals surface area contributed by atoms with Crippen LogP contribution in [-0.2, 0) is 4.74 Å². The van der Waals surface area contributed by atoms with Gasteiger partial charge in [-0.1, -0.05) is 0 Å². The Labute approximate surface area is 106 Å². The van der Waals surface area contributed by atoms with Crippen LogP contribution in [0, 0.1) is 0 Å². The Bertz CT molecular complexity index is 528. The number of pyridine rings is 1. The molecule has 0 radical (unpaired) electrons. The number of aliphatic imine (C=N–C) groups is 1. The van der Waals surface area contributed by atoms with Gasteiger partial charge in [0.25, 0.3) is 0 Å². The fourth-order valence-electron chi connectivity index (χ4n) is 1.48. The predicted octanol–water partition coefficient (Wildman–Crippen LogP) is 2.68. The van der Waals surface area contributed by atoms with Crippen LogP contribution in [-0.4, -0.2) is 22.8 Å². The maximum absolute atomic E-state index is 12.1. The first-order chi connectivity index (χ1) is 8.47. The number of ether oxygens (including phenoxy) is 1. The van der Waals surface area contributed by atoms with Crippen LogP contribution >= 0.6 is 0 Å². The fourth-order valence-corrected chi connectivity index (χ4v) is 1.48. The SMILES string of the molecule is CC(C)(C)OC(=O)c1ccnc2c1N=CC=CN2. The number of hydrogen-bond acceptors (Lipinski definition) is 5. The lowest BCUT2D eigenvalue weighted by molar-refractivity contribution is 0.00705. The summed E-state index contributed by atoms with van der Waals surface area (Å²) in [5.41, 5.74) is 0.368. The van der Waals surface area contributed by atoms with Gasteiger partial charge in [-0.15, -0.1) is 0 Å². The molecule has 0 saturated heterocycles. The number of nitrogens with zero attached hydrogens (tertiary/aromatic N) is 2. The number of nitrogens with one attached hydrogen (secondary N) is 1. The Morgan fingerprint density at radius 1 is 1.39 bits per heavy atom. The minimum atomic E-state index is -0.534. The van der Waals surface area contributed by atoms with Crippen molar-refractivity contribution in [1.82, 2.24) is 4.98 Å². The van der Waals surface area contributed by atoms with E-state index in [9.17, 15) is 4.79 Å². The summed E-state index contributed by atoms with van der Waals surface area (Å²) in [5.74, 6) is 0.144. The van der Waals surface area contributed by atoms with Crippen LogP contribution in [0.15, 0.2) is 29.5 Å². The Balaban J connectivity index is 2.38. The summed E-state index contributed by atoms with van der Waals surface area (Å²) in [5, 5.41) is 2.96. The Morgan fingerprint density at radius 2 is 2.17 bits per heavy atom. The summed E-state index contributed by atoms with van der Waals surface area (Å²) < 4.78 is 5.34. The molecule has 0 amide bonds. The number of carbonyl (C=O) groups is 1. The molecule has 0 fully saturated rings. The van der Waals surface area contributed by atoms with Gasteiger partial charge < -0.3 is 10.1 Å². The second-order valence-electron chi connectivity index (χ2n) is 4.84. The van der Waals surface area contributed by atoms with E-state index in [-0.39, 0.29) is 0 Å². The lowest BCUT2D eigenvalue weighted by Crippen LogP contribution is -2.24. The van der Waals surface area contributed by atoms with Crippen molar-refractivity contribution in [2.45, 2.75) is 26.4 Å². The number of hydrogen-bond donors (Lipinski definition) is 1. The molecule has 0 unspecified atom stereocenters. The van der Waals surface area contributed by atoms with Crippen LogP contribution in [0.25, 0.3) is 0 Å². The van der Waals surface area contributed by atoms with Crippen molar-refractivity contribution in [3.05, 3.63) is 30.1 Å². The average Bonchev–Trinajstić information content (AvgIpc) is 2.50. The predicted molar refractivity (Wildman–Crippen MR) is 70.3 cm³/mol. The topological polar surface area (TPSA) is 63.6 Å². The number of fused-ring (bicyclic) bond motifs is 1. The van der Waals surface area contributed by atoms with Crippen LogP contribution in [0.2, 0.25) is 0 Å². The van der Waals surface area contributed by atoms with E-state index in [1.807, 2.05) is 20.8 Å². The third kappa shape index (κ3) is 2.74. The first kappa shape index (κ1) is 12.3. The van der Waals surface area contributed by atoms with Crippen LogP contribution in [0.3, 0.4) is 0 Å². The third-order valence-corrected chi connectivity index (χ3v) is 2.15. The van der Waals surface area contributed by atoms with Gasteiger partial charge in [-0.25, -0.2) is 9.78 Å². The van der Waals surface area contributed by atoms with Crippen LogP contribution < -0.4 is 5.32 Å². The maximum Gasteiger partial charge on any atom is 0.341 e. The zero-order valence-electron chi connectivity index (χ0n) is 10.6. The Morgan fingerprint density at radius 3 is 2.89 bits per heavy atom. The average molecular weight is 245 g/mol. The summed E-state index contributed by atoms with van der Waals surface area (Å²) in [7, 11) is 0. The highest BCUT2D eigenvalue weighted by atomic mass is 16.6. The van der Waals surface area contributed by atoms with Gasteiger partial charge in [-0.2, -0.15) is 0 Å². The molecule has 18 heavy (non-hydrogen) atoms. The normalized spacial score (nSPS) is 13.5. The number of carbonyl (C=O) groups excluding carboxylic acids is 1. The van der Waals surface area contributed by atoms with Crippen molar-refractivity contribution in [1.29, 1.82) is 0 Å². The van der Waals surface area contributed by atoms with Crippen LogP contribution in [0.1, 0.15) is 31.1 Å². The molecular formula is C13H15N3O2. The Hall–Kier alpha value is -2.17. The quantitative estimate of drug-likeness (QED) is 0.772. The number of rotatable bonds is 1. The summed E-state index contributed by atoms with van der Waals surface area (Å²) >= 11 is 0. The molecule has 0 spiro atoms. The third-order valence-electron chi connectivity index (χ3n) is 2.15. The van der Waals surface area contributed by atoms with Crippen LogP contribution in [0.4, 0.5) is 11.5 Å². The van der Waals surface area contributed by atoms with E-state index in [2.05, 4.69) is 15.3 Å². The minimum Gasteiger partial charge on any atom is -0.456 e. The van der Waals surface area contributed by atoms with Gasteiger partial charge in [0.15, 0.2) is 5.82 Å². The minimum absolute atomic E-state index is 0.401. The van der Waals surface area contributed by atoms with Gasteiger partial charge in [0.1, 0.15) is 11.3 Å². The van der Waals surface area contributed by atoms with Gasteiger partial charge in [-0.05, 0) is 32.9 Å². The molecule has 1 aromatic rings. The van der Waals surface area contributed by atoms with E-state index in [0.29, 0.717) is 17.1 Å². The molecule has 1 aliphatic heterocycles. The molecule has 1 aliphatic rings. The molecule has 2 heterocycles. The highest BCUT2D eigenvalue weighted by Crippen LogP contribution is 2.29. The number of esters is 1. The largest absolute Gasteiger partial charge is 0.456 e. The molecule has 0 saturated carbocycles. The smallest absolute Gasteiger partial charge is 0.341 e. The van der Waals surface area contributed by atoms with Gasteiger partial charge in [-0.3, -0.25) is 4.99 Å². The molecule has 5 heteroatoms. The molecule has 5 nitrogen and oxygen atoms in total. The molecular weight excluding hydrogens is 230 g/mol. The standard InChI is InChI=1S/C13H15N3O2/c1-13(2,3)18-12(17)9-5-8-16-11-10(9)14-6-4-7-15-11/h4-8H,1-3H3,(H,15,16). The molecule has 2 rings (SSSR count). The first-order valence-electron chi connectivity index (χ1n) is 5.65. The van der Waals surface area contributed by atoms with E-state index in [1.165, 1.54) is 0 Å². The molecule has 1 N–H and O–H groups in total. The number of anilines is 1. The van der Waals surface area contributed by atoms with Crippen molar-refractivity contribution in [2.24, 2.45) is 4.99 Å². The first-order valence-corrected chi connectivity index (χ1v) is 5.65. The second kappa shape index (κ2) is 4.60. The van der Waals surface area contributed by atoms with Crippen LogP contribution in [0.5, 0.6) is 0 Å². The van der Waals surface area contributed by atoms with E-state index in [1.54, 1.807) is 30.8 Å². The monoisotopic (exact) mass is 245 g/mol. The van der Waals surface area contributed by atoms with Crippen molar-refractivity contribution in [3.8, 4) is 0 Å². The van der Waals surface area contributed by atoms with Gasteiger partial charge >= 0.3 is 5.97 Å². The van der Waals surface area contributed by atoms with E-state index in [4.69, 9.17) is 4.74 Å². The maximum atomic E-state index is 12.1. The van der Waals surface area contributed by atoms with Crippen molar-refractivity contribution < 1.29 is 9.53 Å². The van der Waals surface area contributed by atoms with Crippen molar-refractivity contribution in [3.63, 3.8) is 0 Å². The lowest BCUT2D eigenvalue weighted by atomic mass is 10.1. The summed E-state index contributed by atoms with van der Waals surface area (Å²) in [6, 6.07) is 1.61. The number of allylic oxidation sites excluding steroid dienone is 1. The molecule has 0 aliphatic carbocycles. The summed E-state index contributed by atoms with van der Waals surface area (Å²) in [4.78, 5) is 20.4. The molecule has 0 aromatic carbocycles. The number of aromatic nitrogens is 1. The van der Waals surface area contributed by atoms with Gasteiger partial charge in [0, 0.05) is 18.6 Å². The second-order valence-corrected chi connectivity index (χ2v) is 4.84. The highest BCUT2D eigenvalue weighted by molar-refractivity contribution is 5.99. The lowest BCUT2D eigenvalue weighted by Gasteiger charge is -2.20. The van der Waals surface area contributed by atoms with E-state index in [0.717, 1.165) is 0 Å². The zero-order chi connectivity index (χ0) is 13.2. The summed E-state index contributed by atoms with van der Waals surface area (Å²) in [6.45, 7) is 5.48. The van der Waals surface area contributed by atoms with E-state index >= 15 is 0 Å². The zero-order valence-corrected chi connectivity index (χ0v) is 10.6. The molecule has 1 aromatic heterocycles. The van der Waals surface area contributed by atoms with Gasteiger partial charge in [0.2, 0.25) is 0 Å². The Kier molecular flexibility index (Phi) is 3.14. The molecule has 0 atom stereocenters. The molecule has 94 valence electrons. The van der Waals surface area contributed by atoms with Crippen molar-refractivity contribution >= 4 is 23.7 Å². The van der Waals surface area contributed by atoms with Gasteiger partial charge in [0.05, 0.1) is 5.56 Å². The van der Waals surface area contributed by atoms with E-state index < -0.39 is 11.6 Å². The fraction of sp³-hybridized carbons (Fsp3) is 0.308. The summed E-state index contributed by atoms with van der Waals surface area (Å²) in [6.07, 6.45) is 6.61. The van der Waals surface area contributed by atoms with Crippen molar-refractivity contribution in [2.75, 3.05) is 5.32 Å². The molecule has 0 bridgehead atoms.